The summed E-state index contributed by atoms with van der Waals surface area (Å²) >= 11 is 1.52. The molecule has 2 fully saturated rings. The topological polar surface area (TPSA) is 82.9 Å². The van der Waals surface area contributed by atoms with Crippen LogP contribution in [0.4, 0.5) is 4.79 Å². The lowest BCUT2D eigenvalue weighted by atomic mass is 9.75. The number of rotatable bonds is 4. The average molecular weight is 455 g/mol. The zero-order valence-corrected chi connectivity index (χ0v) is 19.0. The predicted octanol–water partition coefficient (Wildman–Crippen LogP) is 1.61. The van der Waals surface area contributed by atoms with Gasteiger partial charge in [-0.25, -0.2) is 4.79 Å². The van der Waals surface area contributed by atoms with Crippen LogP contribution in [0.15, 0.2) is 39.8 Å². The monoisotopic (exact) mass is 454 g/mol. The second-order valence-electron chi connectivity index (χ2n) is 9.29. The van der Waals surface area contributed by atoms with Crippen LogP contribution in [0.25, 0.3) is 0 Å². The van der Waals surface area contributed by atoms with E-state index in [-0.39, 0.29) is 30.4 Å². The first-order valence-electron chi connectivity index (χ1n) is 10.8. The van der Waals surface area contributed by atoms with E-state index in [0.29, 0.717) is 19.6 Å². The minimum Gasteiger partial charge on any atom is -0.312 e. The minimum atomic E-state index is -1.35. The summed E-state index contributed by atoms with van der Waals surface area (Å²) in [5.74, 6) is -0.417. The lowest BCUT2D eigenvalue weighted by Crippen LogP contribution is -2.67. The van der Waals surface area contributed by atoms with Crippen LogP contribution < -0.4 is 5.56 Å². The van der Waals surface area contributed by atoms with Crippen molar-refractivity contribution in [3.8, 4) is 0 Å². The Morgan fingerprint density at radius 3 is 2.44 bits per heavy atom. The van der Waals surface area contributed by atoms with Gasteiger partial charge in [0.15, 0.2) is 0 Å². The van der Waals surface area contributed by atoms with Crippen LogP contribution in [0.1, 0.15) is 23.6 Å². The molecule has 5 heterocycles. The molecule has 32 heavy (non-hydrogen) atoms. The number of fused-ring (bicyclic) bond motifs is 4. The van der Waals surface area contributed by atoms with Gasteiger partial charge in [0.25, 0.3) is 5.56 Å². The van der Waals surface area contributed by atoms with Crippen molar-refractivity contribution < 1.29 is 14.4 Å². The fourth-order valence-electron chi connectivity index (χ4n) is 5.72. The first kappa shape index (κ1) is 21.1. The van der Waals surface area contributed by atoms with Crippen LogP contribution in [0, 0.1) is 11.3 Å². The van der Waals surface area contributed by atoms with Gasteiger partial charge in [-0.15, -0.1) is 0 Å². The van der Waals surface area contributed by atoms with E-state index >= 15 is 0 Å². The highest BCUT2D eigenvalue weighted by Gasteiger charge is 2.56. The molecule has 4 amide bonds. The molecule has 0 spiro atoms. The lowest BCUT2D eigenvalue weighted by Gasteiger charge is -2.48. The zero-order chi connectivity index (χ0) is 22.6. The summed E-state index contributed by atoms with van der Waals surface area (Å²) in [4.78, 5) is 56.1. The van der Waals surface area contributed by atoms with E-state index in [1.54, 1.807) is 12.1 Å². The Hall–Kier alpha value is -2.78. The van der Waals surface area contributed by atoms with Crippen LogP contribution >= 0.6 is 11.3 Å². The molecule has 3 aliphatic heterocycles. The summed E-state index contributed by atoms with van der Waals surface area (Å²) in [7, 11) is 2.90. The van der Waals surface area contributed by atoms with Crippen molar-refractivity contribution in [2.24, 2.45) is 11.3 Å². The molecule has 168 valence electrons. The van der Waals surface area contributed by atoms with Gasteiger partial charge in [0.05, 0.1) is 0 Å². The fourth-order valence-corrected chi connectivity index (χ4v) is 6.39. The van der Waals surface area contributed by atoms with Gasteiger partial charge in [0, 0.05) is 58.0 Å². The SMILES string of the molecule is CN1C(=O)N(C)C(=O)C(Cc2ccsc2)(CN2C[C@@H]3C[C@@H](C2)c2cccc(=O)n2C3)C1=O. The molecule has 5 rings (SSSR count). The van der Waals surface area contributed by atoms with Gasteiger partial charge in [-0.2, -0.15) is 11.3 Å². The number of imide groups is 2. The Morgan fingerprint density at radius 2 is 1.75 bits per heavy atom. The maximum Gasteiger partial charge on any atom is 0.332 e. The highest BCUT2D eigenvalue weighted by atomic mass is 32.1. The first-order valence-corrected chi connectivity index (χ1v) is 11.8. The molecule has 8 nitrogen and oxygen atoms in total. The van der Waals surface area contributed by atoms with Crippen LogP contribution in [-0.4, -0.2) is 70.8 Å². The number of pyridine rings is 1. The molecule has 0 N–H and O–H groups in total. The molecule has 0 aromatic carbocycles. The summed E-state index contributed by atoms with van der Waals surface area (Å²) in [6.45, 7) is 2.30. The first-order chi connectivity index (χ1) is 15.3. The second-order valence-corrected chi connectivity index (χ2v) is 10.1. The predicted molar refractivity (Wildman–Crippen MR) is 119 cm³/mol. The van der Waals surface area contributed by atoms with Crippen LogP contribution in [0.3, 0.4) is 0 Å². The summed E-state index contributed by atoms with van der Waals surface area (Å²) in [6.07, 6.45) is 1.26. The maximum atomic E-state index is 13.5. The van der Waals surface area contributed by atoms with Crippen LogP contribution in [-0.2, 0) is 22.6 Å². The van der Waals surface area contributed by atoms with Gasteiger partial charge in [-0.1, -0.05) is 6.07 Å². The Kier molecular flexibility index (Phi) is 5.05. The van der Waals surface area contributed by atoms with Crippen molar-refractivity contribution in [3.63, 3.8) is 0 Å². The Morgan fingerprint density at radius 1 is 1.00 bits per heavy atom. The summed E-state index contributed by atoms with van der Waals surface area (Å²) in [5, 5.41) is 3.88. The molecular formula is C23H26N4O4S. The second kappa shape index (κ2) is 7.67. The van der Waals surface area contributed by atoms with E-state index in [1.807, 2.05) is 27.5 Å². The van der Waals surface area contributed by atoms with Crippen LogP contribution in [0.5, 0.6) is 0 Å². The Bertz CT molecular complexity index is 1120. The molecule has 2 atom stereocenters. The number of hydrogen-bond acceptors (Lipinski definition) is 6. The smallest absolute Gasteiger partial charge is 0.312 e. The van der Waals surface area contributed by atoms with Gasteiger partial charge in [-0.3, -0.25) is 24.2 Å². The fraction of sp³-hybridized carbons (Fsp3) is 0.478. The number of barbiturate groups is 1. The number of thiophene rings is 1. The van der Waals surface area contributed by atoms with Crippen molar-refractivity contribution >= 4 is 29.2 Å². The molecule has 3 aliphatic rings. The van der Waals surface area contributed by atoms with Crippen molar-refractivity contribution in [2.45, 2.75) is 25.3 Å². The zero-order valence-electron chi connectivity index (χ0n) is 18.2. The van der Waals surface area contributed by atoms with Gasteiger partial charge in [0.1, 0.15) is 5.41 Å². The lowest BCUT2D eigenvalue weighted by molar-refractivity contribution is -0.159. The molecule has 9 heteroatoms. The quantitative estimate of drug-likeness (QED) is 0.656. The van der Waals surface area contributed by atoms with E-state index in [9.17, 15) is 19.2 Å². The summed E-state index contributed by atoms with van der Waals surface area (Å²) < 4.78 is 1.87. The molecule has 2 bridgehead atoms. The third-order valence-corrected chi connectivity index (χ3v) is 7.87. The number of carbonyl (C=O) groups is 3. The van der Waals surface area contributed by atoms with Crippen molar-refractivity contribution in [1.82, 2.24) is 19.3 Å². The van der Waals surface area contributed by atoms with Crippen LogP contribution in [0.2, 0.25) is 0 Å². The van der Waals surface area contributed by atoms with E-state index in [4.69, 9.17) is 0 Å². The highest BCUT2D eigenvalue weighted by Crippen LogP contribution is 2.39. The molecule has 0 aliphatic carbocycles. The minimum absolute atomic E-state index is 0.0268. The largest absolute Gasteiger partial charge is 0.332 e. The maximum absolute atomic E-state index is 13.5. The molecule has 0 saturated carbocycles. The van der Waals surface area contributed by atoms with Crippen molar-refractivity contribution in [2.75, 3.05) is 33.7 Å². The number of hydrogen-bond donors (Lipinski definition) is 0. The molecule has 2 saturated heterocycles. The van der Waals surface area contributed by atoms with Gasteiger partial charge < -0.3 is 9.47 Å². The van der Waals surface area contributed by atoms with Gasteiger partial charge in [-0.05, 0) is 47.2 Å². The standard InChI is InChI=1S/C23H26N4O4S/c1-24-20(29)23(9-15-6-7-32-13-15,21(30)25(2)22(24)31)14-26-10-16-8-17(12-26)18-4-3-5-19(28)27(18)11-16/h3-7,13,16-17H,8-12,14H2,1-2H3/t16-,17-/m0/s1. The molecule has 2 aromatic heterocycles. The normalized spacial score (nSPS) is 25.2. The number of likely N-dealkylation sites (tertiary alicyclic amines) is 1. The highest BCUT2D eigenvalue weighted by molar-refractivity contribution is 7.07. The van der Waals surface area contributed by atoms with E-state index in [0.717, 1.165) is 27.5 Å². The third kappa shape index (κ3) is 3.22. The molecule has 2 aromatic rings. The van der Waals surface area contributed by atoms with Gasteiger partial charge >= 0.3 is 6.03 Å². The van der Waals surface area contributed by atoms with Crippen molar-refractivity contribution in [3.05, 3.63) is 56.6 Å². The number of aromatic nitrogens is 1. The summed E-state index contributed by atoms with van der Waals surface area (Å²) in [6, 6.07) is 6.74. The van der Waals surface area contributed by atoms with E-state index < -0.39 is 23.3 Å². The number of nitrogens with zero attached hydrogens (tertiary/aromatic N) is 4. The molecule has 0 unspecified atom stereocenters. The average Bonchev–Trinajstić information content (AvgIpc) is 3.29. The van der Waals surface area contributed by atoms with Gasteiger partial charge in [0.2, 0.25) is 11.8 Å². The number of urea groups is 1. The Labute approximate surface area is 190 Å². The molecule has 0 radical (unpaired) electrons. The third-order valence-electron chi connectivity index (χ3n) is 7.14. The summed E-state index contributed by atoms with van der Waals surface area (Å²) in [5.41, 5.74) is 0.623. The Balaban J connectivity index is 1.49. The van der Waals surface area contributed by atoms with Crippen molar-refractivity contribution in [1.29, 1.82) is 0 Å². The number of carbonyl (C=O) groups excluding carboxylic acids is 3. The number of amides is 4. The number of piperidine rings is 1. The van der Waals surface area contributed by atoms with E-state index in [2.05, 4.69) is 4.90 Å². The van der Waals surface area contributed by atoms with E-state index in [1.165, 1.54) is 25.4 Å². The molecular weight excluding hydrogens is 428 g/mol.